The molecule has 0 atom stereocenters. The lowest BCUT2D eigenvalue weighted by molar-refractivity contribution is 0.313. The molecule has 150 valence electrons. The van der Waals surface area contributed by atoms with E-state index in [1.54, 1.807) is 6.33 Å². The fraction of sp³-hybridized carbons (Fsp3) is 0.304. The summed E-state index contributed by atoms with van der Waals surface area (Å²) >= 11 is 0. The molecule has 2 heterocycles. The summed E-state index contributed by atoms with van der Waals surface area (Å²) in [5.74, 6) is 1.54. The van der Waals surface area contributed by atoms with Gasteiger partial charge in [0.2, 0.25) is 0 Å². The van der Waals surface area contributed by atoms with Crippen LogP contribution in [0.4, 0.5) is 28.7 Å². The Morgan fingerprint density at radius 1 is 0.862 bits per heavy atom. The molecule has 1 aliphatic rings. The number of aromatic nitrogens is 2. The van der Waals surface area contributed by atoms with Gasteiger partial charge in [0.15, 0.2) is 0 Å². The standard InChI is InChI=1S/C23H28N6/c1-3-18-6-4-5-7-21(18)27-23-16-22(24-17-25-23)26-19-8-10-20(11-9-19)29-14-12-28(2)13-15-29/h4-11,16-17H,3,12-15H2,1-2H3,(H2,24,25,26,27). The smallest absolute Gasteiger partial charge is 0.135 e. The van der Waals surface area contributed by atoms with Crippen molar-refractivity contribution in [3.63, 3.8) is 0 Å². The van der Waals surface area contributed by atoms with Gasteiger partial charge in [-0.1, -0.05) is 25.1 Å². The van der Waals surface area contributed by atoms with Gasteiger partial charge in [-0.15, -0.1) is 0 Å². The highest BCUT2D eigenvalue weighted by atomic mass is 15.2. The predicted molar refractivity (Wildman–Crippen MR) is 121 cm³/mol. The van der Waals surface area contributed by atoms with Crippen LogP contribution in [0.5, 0.6) is 0 Å². The number of likely N-dealkylation sites (N-methyl/N-ethyl adjacent to an activating group) is 1. The number of aryl methyl sites for hydroxylation is 1. The monoisotopic (exact) mass is 388 g/mol. The minimum Gasteiger partial charge on any atom is -0.369 e. The third-order valence-corrected chi connectivity index (χ3v) is 5.34. The maximum Gasteiger partial charge on any atom is 0.135 e. The topological polar surface area (TPSA) is 56.3 Å². The molecule has 0 saturated carbocycles. The lowest BCUT2D eigenvalue weighted by atomic mass is 10.1. The van der Waals surface area contributed by atoms with Crippen molar-refractivity contribution < 1.29 is 0 Å². The highest BCUT2D eigenvalue weighted by Crippen LogP contribution is 2.24. The van der Waals surface area contributed by atoms with E-state index in [-0.39, 0.29) is 0 Å². The van der Waals surface area contributed by atoms with Crippen LogP contribution in [0, 0.1) is 0 Å². The van der Waals surface area contributed by atoms with Crippen LogP contribution in [0.3, 0.4) is 0 Å². The minimum absolute atomic E-state index is 0.767. The molecule has 1 saturated heterocycles. The molecule has 2 N–H and O–H groups in total. The SMILES string of the molecule is CCc1ccccc1Nc1cc(Nc2ccc(N3CCN(C)CC3)cc2)ncn1. The number of piperazine rings is 1. The van der Waals surface area contributed by atoms with Crippen LogP contribution >= 0.6 is 0 Å². The van der Waals surface area contributed by atoms with Crippen LogP contribution in [-0.2, 0) is 6.42 Å². The maximum atomic E-state index is 4.36. The molecule has 6 nitrogen and oxygen atoms in total. The van der Waals surface area contributed by atoms with E-state index in [9.17, 15) is 0 Å². The summed E-state index contributed by atoms with van der Waals surface area (Å²) in [4.78, 5) is 13.5. The Kier molecular flexibility index (Phi) is 5.91. The summed E-state index contributed by atoms with van der Waals surface area (Å²) in [7, 11) is 2.18. The van der Waals surface area contributed by atoms with Crippen LogP contribution in [0.15, 0.2) is 60.9 Å². The molecule has 0 radical (unpaired) electrons. The Bertz CT molecular complexity index is 932. The van der Waals surface area contributed by atoms with Gasteiger partial charge in [0.25, 0.3) is 0 Å². The summed E-state index contributed by atoms with van der Waals surface area (Å²) < 4.78 is 0. The molecule has 0 spiro atoms. The summed E-state index contributed by atoms with van der Waals surface area (Å²) in [6.45, 7) is 6.52. The number of benzene rings is 2. The van der Waals surface area contributed by atoms with E-state index >= 15 is 0 Å². The molecule has 4 rings (SSSR count). The number of hydrogen-bond acceptors (Lipinski definition) is 6. The first kappa shape index (κ1) is 19.2. The fourth-order valence-electron chi connectivity index (χ4n) is 3.55. The highest BCUT2D eigenvalue weighted by Gasteiger charge is 2.14. The van der Waals surface area contributed by atoms with E-state index in [1.807, 2.05) is 12.1 Å². The molecular formula is C23H28N6. The van der Waals surface area contributed by atoms with Gasteiger partial charge in [0.1, 0.15) is 18.0 Å². The van der Waals surface area contributed by atoms with Crippen molar-refractivity contribution in [3.8, 4) is 0 Å². The molecule has 0 unspecified atom stereocenters. The van der Waals surface area contributed by atoms with Crippen molar-refractivity contribution in [2.24, 2.45) is 0 Å². The lowest BCUT2D eigenvalue weighted by Gasteiger charge is -2.34. The zero-order valence-corrected chi connectivity index (χ0v) is 17.1. The molecule has 1 aliphatic heterocycles. The maximum absolute atomic E-state index is 4.36. The summed E-state index contributed by atoms with van der Waals surface area (Å²) in [6, 6.07) is 18.8. The first-order chi connectivity index (χ1) is 14.2. The zero-order chi connectivity index (χ0) is 20.1. The van der Waals surface area contributed by atoms with Crippen LogP contribution in [0.2, 0.25) is 0 Å². The average Bonchev–Trinajstić information content (AvgIpc) is 2.76. The Morgan fingerprint density at radius 3 is 2.28 bits per heavy atom. The molecule has 6 heteroatoms. The van der Waals surface area contributed by atoms with Crippen molar-refractivity contribution in [1.82, 2.24) is 14.9 Å². The van der Waals surface area contributed by atoms with Crippen molar-refractivity contribution in [2.75, 3.05) is 48.8 Å². The van der Waals surface area contributed by atoms with E-state index in [0.29, 0.717) is 0 Å². The molecule has 2 aromatic carbocycles. The summed E-state index contributed by atoms with van der Waals surface area (Å²) in [5.41, 5.74) is 4.63. The molecule has 29 heavy (non-hydrogen) atoms. The Labute approximate surface area is 172 Å². The average molecular weight is 389 g/mol. The summed E-state index contributed by atoms with van der Waals surface area (Å²) in [5, 5.41) is 6.78. The van der Waals surface area contributed by atoms with E-state index in [0.717, 1.165) is 55.6 Å². The van der Waals surface area contributed by atoms with Crippen LogP contribution in [0.1, 0.15) is 12.5 Å². The molecule has 3 aromatic rings. The molecule has 0 aliphatic carbocycles. The lowest BCUT2D eigenvalue weighted by Crippen LogP contribution is -2.44. The van der Waals surface area contributed by atoms with Gasteiger partial charge in [-0.2, -0.15) is 0 Å². The van der Waals surface area contributed by atoms with Crippen LogP contribution in [0.25, 0.3) is 0 Å². The van der Waals surface area contributed by atoms with Crippen molar-refractivity contribution in [2.45, 2.75) is 13.3 Å². The third-order valence-electron chi connectivity index (χ3n) is 5.34. The number of nitrogens with one attached hydrogen (secondary N) is 2. The van der Waals surface area contributed by atoms with Gasteiger partial charge in [-0.3, -0.25) is 0 Å². The van der Waals surface area contributed by atoms with Gasteiger partial charge in [-0.25, -0.2) is 9.97 Å². The van der Waals surface area contributed by atoms with E-state index in [1.165, 1.54) is 11.3 Å². The van der Waals surface area contributed by atoms with Gasteiger partial charge >= 0.3 is 0 Å². The Balaban J connectivity index is 1.42. The second-order valence-electron chi connectivity index (χ2n) is 7.39. The first-order valence-corrected chi connectivity index (χ1v) is 10.2. The Hall–Kier alpha value is -3.12. The number of rotatable bonds is 6. The van der Waals surface area contributed by atoms with E-state index in [4.69, 9.17) is 0 Å². The van der Waals surface area contributed by atoms with E-state index < -0.39 is 0 Å². The van der Waals surface area contributed by atoms with E-state index in [2.05, 4.69) is 86.8 Å². The van der Waals surface area contributed by atoms with Gasteiger partial charge in [0.05, 0.1) is 0 Å². The molecule has 1 aromatic heterocycles. The summed E-state index contributed by atoms with van der Waals surface area (Å²) in [6.07, 6.45) is 2.55. The second kappa shape index (κ2) is 8.92. The van der Waals surface area contributed by atoms with Crippen LogP contribution < -0.4 is 15.5 Å². The minimum atomic E-state index is 0.767. The van der Waals surface area contributed by atoms with Gasteiger partial charge in [0, 0.05) is 49.3 Å². The molecule has 0 amide bonds. The van der Waals surface area contributed by atoms with Crippen molar-refractivity contribution in [3.05, 3.63) is 66.5 Å². The number of hydrogen-bond donors (Lipinski definition) is 2. The fourth-order valence-corrected chi connectivity index (χ4v) is 3.55. The zero-order valence-electron chi connectivity index (χ0n) is 17.1. The predicted octanol–water partition coefficient (Wildman–Crippen LogP) is 4.28. The van der Waals surface area contributed by atoms with Crippen LogP contribution in [-0.4, -0.2) is 48.1 Å². The van der Waals surface area contributed by atoms with Gasteiger partial charge < -0.3 is 20.4 Å². The number of anilines is 5. The molecular weight excluding hydrogens is 360 g/mol. The largest absolute Gasteiger partial charge is 0.369 e. The highest BCUT2D eigenvalue weighted by molar-refractivity contribution is 5.66. The normalized spacial score (nSPS) is 14.6. The Morgan fingerprint density at radius 2 is 1.55 bits per heavy atom. The number of nitrogens with zero attached hydrogens (tertiary/aromatic N) is 4. The second-order valence-corrected chi connectivity index (χ2v) is 7.39. The quantitative estimate of drug-likeness (QED) is 0.657. The van der Waals surface area contributed by atoms with Gasteiger partial charge in [-0.05, 0) is 49.4 Å². The first-order valence-electron chi connectivity index (χ1n) is 10.2. The van der Waals surface area contributed by atoms with Crippen molar-refractivity contribution >= 4 is 28.7 Å². The number of para-hydroxylation sites is 1. The van der Waals surface area contributed by atoms with Crippen molar-refractivity contribution in [1.29, 1.82) is 0 Å². The third kappa shape index (κ3) is 4.84. The molecule has 0 bridgehead atoms. The molecule has 1 fully saturated rings.